The molecule has 0 aromatic rings. The summed E-state index contributed by atoms with van der Waals surface area (Å²) in [4.78, 5) is 13.3. The molecule has 0 aliphatic carbocycles. The molecule has 1 unspecified atom stereocenters. The van der Waals surface area contributed by atoms with Gasteiger partial charge in [0.1, 0.15) is 6.10 Å². The average molecular weight is 185 g/mol. The molecule has 1 rings (SSSR count). The van der Waals surface area contributed by atoms with Crippen molar-refractivity contribution in [2.45, 2.75) is 46.3 Å². The molecule has 1 heterocycles. The van der Waals surface area contributed by atoms with E-state index in [9.17, 15) is 4.79 Å². The molecule has 1 fully saturated rings. The maximum Gasteiger partial charge on any atom is 0.251 e. The SMILES string of the molecule is CC(O)C(=O)N1CC(C)(C)C1(C)C. The van der Waals surface area contributed by atoms with Gasteiger partial charge in [-0.05, 0) is 20.8 Å². The predicted octanol–water partition coefficient (Wildman–Crippen LogP) is 1.01. The molecule has 0 spiro atoms. The first-order chi connectivity index (χ1) is 5.70. The lowest BCUT2D eigenvalue weighted by molar-refractivity contribution is -0.174. The second-order valence-electron chi connectivity index (χ2n) is 5.04. The highest BCUT2D eigenvalue weighted by Gasteiger charge is 2.54. The molecule has 1 saturated heterocycles. The van der Waals surface area contributed by atoms with Crippen LogP contribution in [0.1, 0.15) is 34.6 Å². The lowest BCUT2D eigenvalue weighted by atomic mass is 9.65. The molecule has 1 aliphatic heterocycles. The zero-order valence-corrected chi connectivity index (χ0v) is 9.09. The van der Waals surface area contributed by atoms with Crippen molar-refractivity contribution in [3.63, 3.8) is 0 Å². The van der Waals surface area contributed by atoms with Crippen molar-refractivity contribution in [1.82, 2.24) is 4.90 Å². The van der Waals surface area contributed by atoms with Gasteiger partial charge in [-0.15, -0.1) is 0 Å². The summed E-state index contributed by atoms with van der Waals surface area (Å²) in [6.45, 7) is 10.6. The van der Waals surface area contributed by atoms with Gasteiger partial charge in [0.15, 0.2) is 0 Å². The number of carbonyl (C=O) groups excluding carboxylic acids is 1. The van der Waals surface area contributed by atoms with Crippen molar-refractivity contribution in [3.05, 3.63) is 0 Å². The molecule has 0 saturated carbocycles. The van der Waals surface area contributed by atoms with Gasteiger partial charge in [-0.25, -0.2) is 0 Å². The molecule has 1 atom stereocenters. The van der Waals surface area contributed by atoms with Gasteiger partial charge in [-0.3, -0.25) is 4.79 Å². The van der Waals surface area contributed by atoms with Crippen molar-refractivity contribution in [2.75, 3.05) is 6.54 Å². The third-order valence-electron chi connectivity index (χ3n) is 3.51. The minimum atomic E-state index is -0.879. The van der Waals surface area contributed by atoms with E-state index in [2.05, 4.69) is 13.8 Å². The zero-order valence-electron chi connectivity index (χ0n) is 9.09. The van der Waals surface area contributed by atoms with Crippen LogP contribution < -0.4 is 0 Å². The van der Waals surface area contributed by atoms with Crippen molar-refractivity contribution in [1.29, 1.82) is 0 Å². The van der Waals surface area contributed by atoms with E-state index in [0.717, 1.165) is 6.54 Å². The Morgan fingerprint density at radius 1 is 1.38 bits per heavy atom. The van der Waals surface area contributed by atoms with Crippen molar-refractivity contribution in [3.8, 4) is 0 Å². The third kappa shape index (κ3) is 1.35. The standard InChI is InChI=1S/C10H19NO2/c1-7(12)8(13)11-6-9(2,3)10(11,4)5/h7,12H,6H2,1-5H3. The third-order valence-corrected chi connectivity index (χ3v) is 3.51. The second kappa shape index (κ2) is 2.71. The second-order valence-corrected chi connectivity index (χ2v) is 5.04. The first-order valence-electron chi connectivity index (χ1n) is 4.70. The maximum atomic E-state index is 11.5. The number of amides is 1. The Hall–Kier alpha value is -0.570. The number of nitrogens with zero attached hydrogens (tertiary/aromatic N) is 1. The van der Waals surface area contributed by atoms with Crippen LogP contribution in [0, 0.1) is 5.41 Å². The molecular formula is C10H19NO2. The van der Waals surface area contributed by atoms with E-state index in [0.29, 0.717) is 0 Å². The van der Waals surface area contributed by atoms with Crippen LogP contribution in [-0.4, -0.2) is 34.1 Å². The van der Waals surface area contributed by atoms with Crippen LogP contribution in [0.4, 0.5) is 0 Å². The Labute approximate surface area is 79.7 Å². The van der Waals surface area contributed by atoms with E-state index < -0.39 is 6.10 Å². The molecule has 76 valence electrons. The smallest absolute Gasteiger partial charge is 0.251 e. The molecular weight excluding hydrogens is 166 g/mol. The summed E-state index contributed by atoms with van der Waals surface area (Å²) in [5.74, 6) is -0.163. The maximum absolute atomic E-state index is 11.5. The highest BCUT2D eigenvalue weighted by Crippen LogP contribution is 2.46. The van der Waals surface area contributed by atoms with Crippen LogP contribution >= 0.6 is 0 Å². The van der Waals surface area contributed by atoms with Crippen LogP contribution in [0.15, 0.2) is 0 Å². The van der Waals surface area contributed by atoms with E-state index in [1.807, 2.05) is 13.8 Å². The number of aliphatic hydroxyl groups excluding tert-OH is 1. The van der Waals surface area contributed by atoms with Gasteiger partial charge >= 0.3 is 0 Å². The van der Waals surface area contributed by atoms with Gasteiger partial charge in [0.25, 0.3) is 5.91 Å². The molecule has 0 bridgehead atoms. The van der Waals surface area contributed by atoms with Crippen LogP contribution in [0.2, 0.25) is 0 Å². The van der Waals surface area contributed by atoms with E-state index >= 15 is 0 Å². The van der Waals surface area contributed by atoms with Gasteiger partial charge < -0.3 is 10.0 Å². The summed E-state index contributed by atoms with van der Waals surface area (Å²) in [6, 6.07) is 0. The van der Waals surface area contributed by atoms with Gasteiger partial charge in [0.05, 0.1) is 0 Å². The number of aliphatic hydroxyl groups is 1. The fraction of sp³-hybridized carbons (Fsp3) is 0.900. The Morgan fingerprint density at radius 3 is 2.08 bits per heavy atom. The molecule has 1 aliphatic rings. The Kier molecular flexibility index (Phi) is 2.19. The first-order valence-corrected chi connectivity index (χ1v) is 4.70. The first kappa shape index (κ1) is 10.5. The number of hydrogen-bond donors (Lipinski definition) is 1. The monoisotopic (exact) mass is 185 g/mol. The largest absolute Gasteiger partial charge is 0.384 e. The molecule has 1 amide bonds. The van der Waals surface area contributed by atoms with Crippen LogP contribution in [0.25, 0.3) is 0 Å². The lowest BCUT2D eigenvalue weighted by Gasteiger charge is -2.61. The topological polar surface area (TPSA) is 40.5 Å². The summed E-state index contributed by atoms with van der Waals surface area (Å²) < 4.78 is 0. The summed E-state index contributed by atoms with van der Waals surface area (Å²) in [5.41, 5.74) is 0.0125. The molecule has 3 heteroatoms. The van der Waals surface area contributed by atoms with Crippen LogP contribution in [-0.2, 0) is 4.79 Å². The summed E-state index contributed by atoms with van der Waals surface area (Å²) in [6.07, 6.45) is -0.879. The highest BCUT2D eigenvalue weighted by molar-refractivity contribution is 5.82. The molecule has 3 nitrogen and oxygen atoms in total. The van der Waals surface area contributed by atoms with E-state index in [4.69, 9.17) is 5.11 Å². The predicted molar refractivity (Wildman–Crippen MR) is 51.3 cm³/mol. The normalized spacial score (nSPS) is 26.5. The minimum absolute atomic E-state index is 0.138. The quantitative estimate of drug-likeness (QED) is 0.662. The fourth-order valence-electron chi connectivity index (χ4n) is 1.64. The summed E-state index contributed by atoms with van der Waals surface area (Å²) in [7, 11) is 0. The Balaban J connectivity index is 2.75. The Morgan fingerprint density at radius 2 is 1.85 bits per heavy atom. The number of carbonyl (C=O) groups is 1. The molecule has 0 aromatic carbocycles. The lowest BCUT2D eigenvalue weighted by Crippen LogP contribution is -2.71. The van der Waals surface area contributed by atoms with Crippen molar-refractivity contribution in [2.24, 2.45) is 5.41 Å². The van der Waals surface area contributed by atoms with E-state index in [-0.39, 0.29) is 16.9 Å². The molecule has 0 radical (unpaired) electrons. The summed E-state index contributed by atoms with van der Waals surface area (Å²) >= 11 is 0. The van der Waals surface area contributed by atoms with Gasteiger partial charge in [0.2, 0.25) is 0 Å². The van der Waals surface area contributed by atoms with E-state index in [1.54, 1.807) is 4.90 Å². The van der Waals surface area contributed by atoms with Gasteiger partial charge in [-0.1, -0.05) is 13.8 Å². The number of likely N-dealkylation sites (tertiary alicyclic amines) is 1. The zero-order chi connectivity index (χ0) is 10.4. The minimum Gasteiger partial charge on any atom is -0.384 e. The molecule has 13 heavy (non-hydrogen) atoms. The fourth-order valence-corrected chi connectivity index (χ4v) is 1.64. The van der Waals surface area contributed by atoms with Gasteiger partial charge in [-0.2, -0.15) is 0 Å². The highest BCUT2D eigenvalue weighted by atomic mass is 16.3. The van der Waals surface area contributed by atoms with Gasteiger partial charge in [0, 0.05) is 17.5 Å². The average Bonchev–Trinajstić information content (AvgIpc) is 1.98. The molecule has 0 aromatic heterocycles. The Bertz CT molecular complexity index is 231. The number of rotatable bonds is 1. The molecule has 1 N–H and O–H groups in total. The number of hydrogen-bond acceptors (Lipinski definition) is 2. The van der Waals surface area contributed by atoms with Crippen molar-refractivity contribution < 1.29 is 9.90 Å². The summed E-state index contributed by atoms with van der Waals surface area (Å²) in [5, 5.41) is 9.17. The van der Waals surface area contributed by atoms with E-state index in [1.165, 1.54) is 6.92 Å². The van der Waals surface area contributed by atoms with Crippen molar-refractivity contribution >= 4 is 5.91 Å². The van der Waals surface area contributed by atoms with Crippen LogP contribution in [0.3, 0.4) is 0 Å². The van der Waals surface area contributed by atoms with Crippen LogP contribution in [0.5, 0.6) is 0 Å².